The van der Waals surface area contributed by atoms with Gasteiger partial charge in [-0.05, 0) is 80.2 Å². The summed E-state index contributed by atoms with van der Waals surface area (Å²) in [4.78, 5) is 11.8. The number of nitrogens with one attached hydrogen (secondary N) is 2. The van der Waals surface area contributed by atoms with Gasteiger partial charge in [0.25, 0.3) is 5.91 Å². The molecule has 0 aliphatic carbocycles. The predicted molar refractivity (Wildman–Crippen MR) is 109 cm³/mol. The molecular weight excluding hydrogens is 473 g/mol. The van der Waals surface area contributed by atoms with Crippen molar-refractivity contribution in [3.63, 3.8) is 0 Å². The molecule has 0 atom stereocenters. The highest BCUT2D eigenvalue weighted by Crippen LogP contribution is 2.33. The summed E-state index contributed by atoms with van der Waals surface area (Å²) in [5.74, 6) is -0.102. The van der Waals surface area contributed by atoms with E-state index in [4.69, 9.17) is 11.6 Å². The number of aromatic hydroxyl groups is 1. The van der Waals surface area contributed by atoms with Crippen LogP contribution >= 0.6 is 43.5 Å². The van der Waals surface area contributed by atoms with E-state index in [1.54, 1.807) is 24.4 Å². The number of phenols is 1. The molecule has 2 aromatic rings. The number of amides is 1. The van der Waals surface area contributed by atoms with Crippen molar-refractivity contribution in [1.29, 1.82) is 0 Å². The number of anilines is 1. The lowest BCUT2D eigenvalue weighted by atomic mass is 10.1. The Bertz CT molecular complexity index is 789. The summed E-state index contributed by atoms with van der Waals surface area (Å²) in [7, 11) is 0. The van der Waals surface area contributed by atoms with Crippen LogP contribution < -0.4 is 10.7 Å². The van der Waals surface area contributed by atoms with Gasteiger partial charge in [-0.15, -0.1) is 0 Å². The topological polar surface area (TPSA) is 73.7 Å². The fraction of sp³-hybridized carbons (Fsp3) is 0.176. The SMILES string of the molecule is Cc1cc(NCC(=O)N/N=C/Cc2cc(Br)c(O)c(Br)c2)ccc1Cl. The fourth-order valence-electron chi connectivity index (χ4n) is 1.98. The van der Waals surface area contributed by atoms with Gasteiger partial charge in [-0.1, -0.05) is 11.6 Å². The van der Waals surface area contributed by atoms with Crippen molar-refractivity contribution in [2.45, 2.75) is 13.3 Å². The van der Waals surface area contributed by atoms with Crippen molar-refractivity contribution in [2.75, 3.05) is 11.9 Å². The van der Waals surface area contributed by atoms with Crippen LogP contribution in [0.3, 0.4) is 0 Å². The van der Waals surface area contributed by atoms with Crippen LogP contribution in [0.2, 0.25) is 5.02 Å². The molecular formula is C17H16Br2ClN3O2. The van der Waals surface area contributed by atoms with Gasteiger partial charge in [0.1, 0.15) is 5.75 Å². The van der Waals surface area contributed by atoms with Crippen LogP contribution in [-0.2, 0) is 11.2 Å². The number of carbonyl (C=O) groups is 1. The summed E-state index contributed by atoms with van der Waals surface area (Å²) < 4.78 is 1.19. The molecule has 8 heteroatoms. The molecule has 0 unspecified atom stereocenters. The minimum absolute atomic E-state index is 0.106. The smallest absolute Gasteiger partial charge is 0.259 e. The molecule has 0 saturated carbocycles. The Morgan fingerprint density at radius 2 is 1.96 bits per heavy atom. The molecule has 0 aliphatic rings. The second-order valence-electron chi connectivity index (χ2n) is 5.28. The Morgan fingerprint density at radius 3 is 2.60 bits per heavy atom. The standard InChI is InChI=1S/C17H16Br2ClN3O2/c1-10-6-12(2-3-15(10)20)21-9-16(24)23-22-5-4-11-7-13(18)17(25)14(19)8-11/h2-3,5-8,21,25H,4,9H2,1H3,(H,23,24)/b22-5+. The Morgan fingerprint density at radius 1 is 1.28 bits per heavy atom. The van der Waals surface area contributed by atoms with Gasteiger partial charge in [0.15, 0.2) is 0 Å². The first-order valence-corrected chi connectivity index (χ1v) is 9.30. The number of benzene rings is 2. The third kappa shape index (κ3) is 6.02. The zero-order valence-electron chi connectivity index (χ0n) is 13.3. The number of rotatable bonds is 6. The quantitative estimate of drug-likeness (QED) is 0.409. The van der Waals surface area contributed by atoms with Crippen molar-refractivity contribution in [1.82, 2.24) is 5.43 Å². The number of aryl methyl sites for hydroxylation is 1. The Hall–Kier alpha value is -1.57. The van der Waals surface area contributed by atoms with Crippen LogP contribution in [0, 0.1) is 6.92 Å². The lowest BCUT2D eigenvalue weighted by Gasteiger charge is -2.07. The van der Waals surface area contributed by atoms with E-state index in [9.17, 15) is 9.90 Å². The highest BCUT2D eigenvalue weighted by Gasteiger charge is 2.05. The number of hydrogen-bond donors (Lipinski definition) is 3. The maximum Gasteiger partial charge on any atom is 0.259 e. The molecule has 25 heavy (non-hydrogen) atoms. The van der Waals surface area contributed by atoms with E-state index < -0.39 is 0 Å². The molecule has 0 heterocycles. The maximum absolute atomic E-state index is 11.8. The number of hydrogen-bond acceptors (Lipinski definition) is 4. The summed E-state index contributed by atoms with van der Waals surface area (Å²) in [5.41, 5.74) is 5.15. The number of halogens is 3. The molecule has 3 N–H and O–H groups in total. The van der Waals surface area contributed by atoms with E-state index in [1.165, 1.54) is 0 Å². The van der Waals surface area contributed by atoms with Crippen LogP contribution in [0.15, 0.2) is 44.4 Å². The number of phenolic OH excluding ortho intramolecular Hbond substituents is 1. The molecule has 0 spiro atoms. The molecule has 0 fully saturated rings. The molecule has 0 aromatic heterocycles. The number of nitrogens with zero attached hydrogens (tertiary/aromatic N) is 1. The van der Waals surface area contributed by atoms with Gasteiger partial charge in [-0.2, -0.15) is 5.10 Å². The average molecular weight is 490 g/mol. The highest BCUT2D eigenvalue weighted by molar-refractivity contribution is 9.11. The van der Waals surface area contributed by atoms with E-state index in [0.29, 0.717) is 20.4 Å². The second kappa shape index (κ2) is 9.22. The van der Waals surface area contributed by atoms with Crippen molar-refractivity contribution < 1.29 is 9.90 Å². The van der Waals surface area contributed by atoms with Crippen molar-refractivity contribution in [3.8, 4) is 5.75 Å². The normalized spacial score (nSPS) is 10.9. The molecule has 0 bridgehead atoms. The van der Waals surface area contributed by atoms with Crippen molar-refractivity contribution >= 4 is 61.3 Å². The minimum atomic E-state index is -0.253. The predicted octanol–water partition coefficient (Wildman–Crippen LogP) is 4.64. The summed E-state index contributed by atoms with van der Waals surface area (Å²) in [6.45, 7) is 2.01. The molecule has 0 saturated heterocycles. The number of carbonyl (C=O) groups excluding carboxylic acids is 1. The first kappa shape index (κ1) is 19.8. The summed E-state index contributed by atoms with van der Waals surface area (Å²) in [6, 6.07) is 9.05. The monoisotopic (exact) mass is 487 g/mol. The zero-order chi connectivity index (χ0) is 18.4. The second-order valence-corrected chi connectivity index (χ2v) is 7.39. The van der Waals surface area contributed by atoms with Crippen molar-refractivity contribution in [3.05, 3.63) is 55.4 Å². The van der Waals surface area contributed by atoms with Gasteiger partial charge >= 0.3 is 0 Å². The van der Waals surface area contributed by atoms with Gasteiger partial charge in [0.2, 0.25) is 0 Å². The lowest BCUT2D eigenvalue weighted by molar-refractivity contribution is -0.119. The van der Waals surface area contributed by atoms with Crippen molar-refractivity contribution in [2.24, 2.45) is 5.10 Å². The zero-order valence-corrected chi connectivity index (χ0v) is 17.2. The third-order valence-electron chi connectivity index (χ3n) is 3.30. The van der Waals surface area contributed by atoms with E-state index in [0.717, 1.165) is 16.8 Å². The van der Waals surface area contributed by atoms with Gasteiger partial charge < -0.3 is 10.4 Å². The van der Waals surface area contributed by atoms with Gasteiger partial charge in [0.05, 0.1) is 15.5 Å². The first-order chi connectivity index (χ1) is 11.9. The van der Waals surface area contributed by atoms with E-state index in [2.05, 4.69) is 47.7 Å². The lowest BCUT2D eigenvalue weighted by Crippen LogP contribution is -2.25. The van der Waals surface area contributed by atoms with Gasteiger partial charge in [-0.3, -0.25) is 4.79 Å². The van der Waals surface area contributed by atoms with Crippen LogP contribution in [0.4, 0.5) is 5.69 Å². The van der Waals surface area contributed by atoms with Crippen LogP contribution in [-0.4, -0.2) is 23.8 Å². The van der Waals surface area contributed by atoms with Crippen LogP contribution in [0.25, 0.3) is 0 Å². The molecule has 0 aliphatic heterocycles. The molecule has 2 aromatic carbocycles. The summed E-state index contributed by atoms with van der Waals surface area (Å²) in [6.07, 6.45) is 2.11. The number of hydrazone groups is 1. The Balaban J connectivity index is 1.79. The fourth-order valence-corrected chi connectivity index (χ4v) is 3.38. The molecule has 132 valence electrons. The minimum Gasteiger partial charge on any atom is -0.506 e. The van der Waals surface area contributed by atoms with E-state index in [1.807, 2.05) is 19.1 Å². The largest absolute Gasteiger partial charge is 0.506 e. The highest BCUT2D eigenvalue weighted by atomic mass is 79.9. The average Bonchev–Trinajstić information content (AvgIpc) is 2.57. The summed E-state index contributed by atoms with van der Waals surface area (Å²) in [5, 5.41) is 17.3. The van der Waals surface area contributed by atoms with E-state index in [-0.39, 0.29) is 18.2 Å². The van der Waals surface area contributed by atoms with Gasteiger partial charge in [-0.25, -0.2) is 5.43 Å². The molecule has 2 rings (SSSR count). The maximum atomic E-state index is 11.8. The Kier molecular flexibility index (Phi) is 7.28. The van der Waals surface area contributed by atoms with Crippen LogP contribution in [0.1, 0.15) is 11.1 Å². The first-order valence-electron chi connectivity index (χ1n) is 7.34. The van der Waals surface area contributed by atoms with Gasteiger partial charge in [0, 0.05) is 23.3 Å². The Labute approximate surface area is 167 Å². The molecule has 5 nitrogen and oxygen atoms in total. The summed E-state index contributed by atoms with van der Waals surface area (Å²) >= 11 is 12.5. The third-order valence-corrected chi connectivity index (χ3v) is 4.93. The molecule has 1 amide bonds. The van der Waals surface area contributed by atoms with Crippen LogP contribution in [0.5, 0.6) is 5.75 Å². The molecule has 0 radical (unpaired) electrons. The van der Waals surface area contributed by atoms with E-state index >= 15 is 0 Å².